The lowest BCUT2D eigenvalue weighted by atomic mass is 9.84. The van der Waals surface area contributed by atoms with E-state index in [1.165, 1.54) is 0 Å². The molecule has 0 spiro atoms. The molecule has 1 atom stereocenters. The monoisotopic (exact) mass is 232 g/mol. The summed E-state index contributed by atoms with van der Waals surface area (Å²) in [5.41, 5.74) is 1.47. The fraction of sp³-hybridized carbons (Fsp3) is 0.467. The van der Waals surface area contributed by atoms with Crippen LogP contribution in [-0.4, -0.2) is 10.2 Å². The summed E-state index contributed by atoms with van der Waals surface area (Å²) in [6, 6.07) is 3.42. The highest BCUT2D eigenvalue weighted by Crippen LogP contribution is 2.41. The number of benzene rings is 1. The Labute approximate surface area is 103 Å². The molecule has 0 amide bonds. The van der Waals surface area contributed by atoms with E-state index in [9.17, 15) is 10.2 Å². The molecular weight excluding hydrogens is 212 g/mol. The molecule has 0 fully saturated rings. The van der Waals surface area contributed by atoms with Crippen LogP contribution in [-0.2, 0) is 5.41 Å². The van der Waals surface area contributed by atoms with Crippen molar-refractivity contribution in [1.82, 2.24) is 0 Å². The van der Waals surface area contributed by atoms with Gasteiger partial charge in [-0.3, -0.25) is 0 Å². The Bertz CT molecular complexity index is 453. The minimum Gasteiger partial charge on any atom is -0.508 e. The maximum Gasteiger partial charge on any atom is 0.119 e. The van der Waals surface area contributed by atoms with Crippen LogP contribution in [0, 0.1) is 0 Å². The van der Waals surface area contributed by atoms with Crippen LogP contribution >= 0.6 is 0 Å². The molecule has 2 N–H and O–H groups in total. The van der Waals surface area contributed by atoms with Crippen LogP contribution in [0.25, 0.3) is 0 Å². The largest absolute Gasteiger partial charge is 0.508 e. The van der Waals surface area contributed by atoms with Crippen molar-refractivity contribution in [2.24, 2.45) is 0 Å². The molecule has 1 aromatic rings. The maximum absolute atomic E-state index is 10.1. The van der Waals surface area contributed by atoms with Crippen molar-refractivity contribution < 1.29 is 10.2 Å². The summed E-state index contributed by atoms with van der Waals surface area (Å²) in [7, 11) is 0. The maximum atomic E-state index is 10.1. The Kier molecular flexibility index (Phi) is 2.90. The van der Waals surface area contributed by atoms with E-state index < -0.39 is 0 Å². The average Bonchev–Trinajstić information content (AvgIpc) is 2.72. The Hall–Kier alpha value is -1.44. The van der Waals surface area contributed by atoms with Crippen LogP contribution in [0.4, 0.5) is 0 Å². The van der Waals surface area contributed by atoms with Crippen molar-refractivity contribution in [1.29, 1.82) is 0 Å². The first-order valence-corrected chi connectivity index (χ1v) is 6.12. The van der Waals surface area contributed by atoms with Gasteiger partial charge in [-0.25, -0.2) is 0 Å². The van der Waals surface area contributed by atoms with Gasteiger partial charge in [0.1, 0.15) is 11.5 Å². The average molecular weight is 232 g/mol. The van der Waals surface area contributed by atoms with Gasteiger partial charge < -0.3 is 10.2 Å². The van der Waals surface area contributed by atoms with E-state index in [1.54, 1.807) is 12.1 Å². The number of rotatable bonds is 1. The quantitative estimate of drug-likeness (QED) is 0.570. The lowest BCUT2D eigenvalue weighted by molar-refractivity contribution is 0.429. The molecule has 1 aromatic carbocycles. The zero-order valence-corrected chi connectivity index (χ0v) is 10.7. The molecule has 1 unspecified atom stereocenters. The predicted octanol–water partition coefficient (Wildman–Crippen LogP) is 3.83. The van der Waals surface area contributed by atoms with Crippen LogP contribution in [0.2, 0.25) is 0 Å². The number of hydrogen-bond acceptors (Lipinski definition) is 2. The molecule has 0 saturated heterocycles. The summed E-state index contributed by atoms with van der Waals surface area (Å²) >= 11 is 0. The van der Waals surface area contributed by atoms with E-state index in [0.29, 0.717) is 5.75 Å². The first-order valence-electron chi connectivity index (χ1n) is 6.12. The van der Waals surface area contributed by atoms with E-state index in [0.717, 1.165) is 24.0 Å². The molecule has 0 heterocycles. The minimum absolute atomic E-state index is 0.161. The Balaban J connectivity index is 2.45. The fourth-order valence-corrected chi connectivity index (χ4v) is 2.38. The Morgan fingerprint density at radius 3 is 2.35 bits per heavy atom. The second kappa shape index (κ2) is 4.10. The van der Waals surface area contributed by atoms with Crippen LogP contribution in [0.3, 0.4) is 0 Å². The van der Waals surface area contributed by atoms with E-state index in [1.807, 2.05) is 20.8 Å². The molecule has 2 nitrogen and oxygen atoms in total. The first-order chi connectivity index (χ1) is 7.89. The van der Waals surface area contributed by atoms with E-state index >= 15 is 0 Å². The Morgan fingerprint density at radius 1 is 1.12 bits per heavy atom. The lowest BCUT2D eigenvalue weighted by Crippen LogP contribution is -2.11. The highest BCUT2D eigenvalue weighted by molar-refractivity contribution is 5.50. The number of hydrogen-bond donors (Lipinski definition) is 2. The molecule has 17 heavy (non-hydrogen) atoms. The third-order valence-electron chi connectivity index (χ3n) is 3.37. The highest BCUT2D eigenvalue weighted by Gasteiger charge is 2.23. The predicted molar refractivity (Wildman–Crippen MR) is 69.6 cm³/mol. The van der Waals surface area contributed by atoms with Crippen molar-refractivity contribution in [3.63, 3.8) is 0 Å². The van der Waals surface area contributed by atoms with Crippen LogP contribution in [0.5, 0.6) is 11.5 Å². The summed E-state index contributed by atoms with van der Waals surface area (Å²) in [6.07, 6.45) is 6.29. The lowest BCUT2D eigenvalue weighted by Gasteiger charge is -2.22. The molecule has 0 saturated carbocycles. The number of phenols is 2. The van der Waals surface area contributed by atoms with Crippen LogP contribution in [0.15, 0.2) is 24.3 Å². The van der Waals surface area contributed by atoms with Crippen LogP contribution in [0.1, 0.15) is 50.7 Å². The summed E-state index contributed by atoms with van der Waals surface area (Å²) in [4.78, 5) is 0. The van der Waals surface area contributed by atoms with Crippen molar-refractivity contribution in [2.45, 2.75) is 44.9 Å². The molecule has 0 aromatic heterocycles. The molecule has 92 valence electrons. The van der Waals surface area contributed by atoms with Crippen molar-refractivity contribution in [2.75, 3.05) is 0 Å². The van der Waals surface area contributed by atoms with Crippen molar-refractivity contribution >= 4 is 0 Å². The van der Waals surface area contributed by atoms with Gasteiger partial charge in [0.2, 0.25) is 0 Å². The summed E-state index contributed by atoms with van der Waals surface area (Å²) in [6.45, 7) is 6.07. The summed E-state index contributed by atoms with van der Waals surface area (Å²) in [5, 5.41) is 20.2. The molecule has 0 radical (unpaired) electrons. The smallest absolute Gasteiger partial charge is 0.119 e. The highest BCUT2D eigenvalue weighted by atomic mass is 16.3. The third kappa shape index (κ3) is 2.31. The van der Waals surface area contributed by atoms with Gasteiger partial charge in [-0.15, -0.1) is 0 Å². The molecule has 2 heteroatoms. The van der Waals surface area contributed by atoms with E-state index in [-0.39, 0.29) is 17.1 Å². The number of aromatic hydroxyl groups is 2. The zero-order chi connectivity index (χ0) is 12.6. The Morgan fingerprint density at radius 2 is 1.82 bits per heavy atom. The number of phenolic OH excluding ortho intramolecular Hbond substituents is 2. The first kappa shape index (κ1) is 12.0. The van der Waals surface area contributed by atoms with Crippen LogP contribution < -0.4 is 0 Å². The molecule has 0 bridgehead atoms. The zero-order valence-electron chi connectivity index (χ0n) is 10.7. The SMILES string of the molecule is CC(C)(C)c1cc(O)c(C2C=CCC2)cc1O. The van der Waals surface area contributed by atoms with E-state index in [4.69, 9.17) is 0 Å². The van der Waals surface area contributed by atoms with Gasteiger partial charge in [0, 0.05) is 17.0 Å². The number of allylic oxidation sites excluding steroid dienone is 2. The van der Waals surface area contributed by atoms with E-state index in [2.05, 4.69) is 12.2 Å². The van der Waals surface area contributed by atoms with Gasteiger partial charge in [-0.1, -0.05) is 32.9 Å². The second-order valence-electron chi connectivity index (χ2n) is 5.79. The normalized spacial score (nSPS) is 19.8. The molecular formula is C15H20O2. The van der Waals surface area contributed by atoms with Gasteiger partial charge in [0.15, 0.2) is 0 Å². The van der Waals surface area contributed by atoms with Crippen molar-refractivity contribution in [3.05, 3.63) is 35.4 Å². The van der Waals surface area contributed by atoms with Gasteiger partial charge in [-0.2, -0.15) is 0 Å². The molecule has 2 rings (SSSR count). The molecule has 1 aliphatic carbocycles. The summed E-state index contributed by atoms with van der Waals surface area (Å²) < 4.78 is 0. The molecule has 1 aliphatic rings. The fourth-order valence-electron chi connectivity index (χ4n) is 2.38. The standard InChI is InChI=1S/C15H20O2/c1-15(2,3)12-9-13(16)11(8-14(12)17)10-6-4-5-7-10/h4,6,8-10,16-17H,5,7H2,1-3H3. The van der Waals surface area contributed by atoms with Gasteiger partial charge in [-0.05, 0) is 30.4 Å². The topological polar surface area (TPSA) is 40.5 Å². The van der Waals surface area contributed by atoms with Crippen molar-refractivity contribution in [3.8, 4) is 11.5 Å². The van der Waals surface area contributed by atoms with Gasteiger partial charge in [0.05, 0.1) is 0 Å². The minimum atomic E-state index is -0.161. The third-order valence-corrected chi connectivity index (χ3v) is 3.37. The second-order valence-corrected chi connectivity index (χ2v) is 5.79. The summed E-state index contributed by atoms with van der Waals surface area (Å²) in [5.74, 6) is 0.824. The van der Waals surface area contributed by atoms with Gasteiger partial charge >= 0.3 is 0 Å². The molecule has 0 aliphatic heterocycles. The van der Waals surface area contributed by atoms with Gasteiger partial charge in [0.25, 0.3) is 0 Å².